The maximum Gasteiger partial charge on any atom is 0.320 e. The van der Waals surface area contributed by atoms with E-state index in [0.29, 0.717) is 21.5 Å². The van der Waals surface area contributed by atoms with Crippen LogP contribution in [0, 0.1) is 13.8 Å². The van der Waals surface area contributed by atoms with Crippen LogP contribution < -0.4 is 10.1 Å². The molecule has 0 spiro atoms. The molecule has 0 saturated heterocycles. The van der Waals surface area contributed by atoms with Gasteiger partial charge in [0, 0.05) is 24.0 Å². The number of nitrogens with zero attached hydrogens (tertiary/aromatic N) is 3. The molecule has 3 rings (SSSR count). The first kappa shape index (κ1) is 19.7. The van der Waals surface area contributed by atoms with Gasteiger partial charge in [0.1, 0.15) is 5.75 Å². The van der Waals surface area contributed by atoms with Gasteiger partial charge in [0.25, 0.3) is 0 Å². The third-order valence-corrected chi connectivity index (χ3v) is 4.98. The van der Waals surface area contributed by atoms with E-state index < -0.39 is 6.55 Å². The zero-order chi connectivity index (χ0) is 20.3. The van der Waals surface area contributed by atoms with Crippen LogP contribution in [0.5, 0.6) is 5.75 Å². The molecule has 0 aliphatic rings. The summed E-state index contributed by atoms with van der Waals surface area (Å²) in [6.07, 6.45) is 5.52. The Hall–Kier alpha value is -3.07. The molecule has 28 heavy (non-hydrogen) atoms. The fourth-order valence-corrected chi connectivity index (χ4v) is 3.57. The number of imidazole rings is 1. The number of alkyl halides is 2. The summed E-state index contributed by atoms with van der Waals surface area (Å²) in [7, 11) is 1.56. The number of thiazole rings is 1. The molecule has 1 aromatic carbocycles. The van der Waals surface area contributed by atoms with Crippen LogP contribution in [-0.2, 0) is 4.79 Å². The van der Waals surface area contributed by atoms with Gasteiger partial charge in [0.05, 0.1) is 17.7 Å². The van der Waals surface area contributed by atoms with Crippen LogP contribution in [0.15, 0.2) is 36.7 Å². The molecule has 0 bridgehead atoms. The molecule has 1 N–H and O–H groups in total. The number of ether oxygens (including phenoxy) is 1. The number of amides is 1. The standard InChI is InChI=1S/C19H18F2N4O2S/c1-11-4-6-14(27-3)13(10-11)5-7-15(26)24-19-23-12(2)16(28-19)17-22-8-9-25(17)18(20)21/h4-10,18H,1-3H3,(H,23,24,26)/b7-5+. The highest BCUT2D eigenvalue weighted by Gasteiger charge is 2.19. The van der Waals surface area contributed by atoms with Gasteiger partial charge in [-0.05, 0) is 32.1 Å². The number of rotatable bonds is 6. The Morgan fingerprint density at radius 2 is 2.14 bits per heavy atom. The van der Waals surface area contributed by atoms with Crippen molar-refractivity contribution in [3.63, 3.8) is 0 Å². The van der Waals surface area contributed by atoms with Crippen molar-refractivity contribution in [3.8, 4) is 16.5 Å². The summed E-state index contributed by atoms with van der Waals surface area (Å²) in [4.78, 5) is 20.9. The van der Waals surface area contributed by atoms with Crippen molar-refractivity contribution in [2.45, 2.75) is 20.4 Å². The molecule has 3 aromatic rings. The van der Waals surface area contributed by atoms with E-state index in [1.165, 1.54) is 18.5 Å². The Balaban J connectivity index is 1.77. The van der Waals surface area contributed by atoms with Crippen LogP contribution in [0.2, 0.25) is 0 Å². The molecule has 0 radical (unpaired) electrons. The first-order chi connectivity index (χ1) is 13.4. The fourth-order valence-electron chi connectivity index (χ4n) is 2.60. The van der Waals surface area contributed by atoms with Gasteiger partial charge in [-0.3, -0.25) is 14.7 Å². The summed E-state index contributed by atoms with van der Waals surface area (Å²) in [6, 6.07) is 5.65. The molecule has 0 aliphatic heterocycles. The average molecular weight is 404 g/mol. The Labute approximate surface area is 164 Å². The molecule has 0 saturated carbocycles. The van der Waals surface area contributed by atoms with Crippen LogP contribution in [-0.4, -0.2) is 27.6 Å². The molecule has 0 aliphatic carbocycles. The Morgan fingerprint density at radius 3 is 2.86 bits per heavy atom. The number of anilines is 1. The maximum absolute atomic E-state index is 13.1. The normalized spacial score (nSPS) is 11.4. The molecule has 0 fully saturated rings. The van der Waals surface area contributed by atoms with E-state index in [-0.39, 0.29) is 11.7 Å². The predicted octanol–water partition coefficient (Wildman–Crippen LogP) is 4.68. The summed E-state index contributed by atoms with van der Waals surface area (Å²) < 4.78 is 32.2. The fraction of sp³-hybridized carbons (Fsp3) is 0.211. The second-order valence-electron chi connectivity index (χ2n) is 5.94. The summed E-state index contributed by atoms with van der Waals surface area (Å²) in [6.45, 7) is 0.920. The van der Waals surface area contributed by atoms with Crippen LogP contribution in [0.1, 0.15) is 23.4 Å². The van der Waals surface area contributed by atoms with Crippen LogP contribution in [0.3, 0.4) is 0 Å². The number of hydrogen-bond donors (Lipinski definition) is 1. The lowest BCUT2D eigenvalue weighted by Crippen LogP contribution is -2.07. The zero-order valence-electron chi connectivity index (χ0n) is 15.4. The van der Waals surface area contributed by atoms with Gasteiger partial charge in [0.2, 0.25) is 5.91 Å². The van der Waals surface area contributed by atoms with Gasteiger partial charge >= 0.3 is 6.55 Å². The van der Waals surface area contributed by atoms with Crippen molar-refractivity contribution in [1.29, 1.82) is 0 Å². The maximum atomic E-state index is 13.1. The van der Waals surface area contributed by atoms with Crippen molar-refractivity contribution in [3.05, 3.63) is 53.5 Å². The Kier molecular flexibility index (Phi) is 5.84. The highest BCUT2D eigenvalue weighted by molar-refractivity contribution is 7.19. The second kappa shape index (κ2) is 8.30. The number of aromatic nitrogens is 3. The van der Waals surface area contributed by atoms with E-state index >= 15 is 0 Å². The number of nitrogens with one attached hydrogen (secondary N) is 1. The summed E-state index contributed by atoms with van der Waals surface area (Å²) in [5, 5.41) is 2.96. The number of hydrogen-bond acceptors (Lipinski definition) is 5. The lowest BCUT2D eigenvalue weighted by atomic mass is 10.1. The van der Waals surface area contributed by atoms with Crippen LogP contribution in [0.4, 0.5) is 13.9 Å². The van der Waals surface area contributed by atoms with E-state index in [4.69, 9.17) is 4.74 Å². The van der Waals surface area contributed by atoms with Gasteiger partial charge < -0.3 is 4.74 Å². The van der Waals surface area contributed by atoms with Gasteiger partial charge in [-0.15, -0.1) is 0 Å². The van der Waals surface area contributed by atoms with Gasteiger partial charge in [-0.25, -0.2) is 9.97 Å². The lowest BCUT2D eigenvalue weighted by Gasteiger charge is -2.05. The minimum absolute atomic E-state index is 0.116. The van der Waals surface area contributed by atoms with Crippen molar-refractivity contribution in [2.24, 2.45) is 0 Å². The van der Waals surface area contributed by atoms with E-state index in [9.17, 15) is 13.6 Å². The Bertz CT molecular complexity index is 1030. The first-order valence-corrected chi connectivity index (χ1v) is 9.13. The lowest BCUT2D eigenvalue weighted by molar-refractivity contribution is -0.111. The third kappa shape index (κ3) is 4.25. The van der Waals surface area contributed by atoms with E-state index in [1.807, 2.05) is 25.1 Å². The minimum atomic E-state index is -2.70. The predicted molar refractivity (Wildman–Crippen MR) is 105 cm³/mol. The highest BCUT2D eigenvalue weighted by atomic mass is 32.1. The molecular weight excluding hydrogens is 386 g/mol. The number of carbonyl (C=O) groups excluding carboxylic acids is 1. The van der Waals surface area contributed by atoms with Gasteiger partial charge in [-0.1, -0.05) is 23.0 Å². The van der Waals surface area contributed by atoms with Crippen molar-refractivity contribution >= 4 is 28.5 Å². The van der Waals surface area contributed by atoms with E-state index in [0.717, 1.165) is 27.0 Å². The van der Waals surface area contributed by atoms with Crippen molar-refractivity contribution in [2.75, 3.05) is 12.4 Å². The number of halogens is 2. The first-order valence-electron chi connectivity index (χ1n) is 8.31. The average Bonchev–Trinajstić information content (AvgIpc) is 3.26. The molecule has 2 aromatic heterocycles. The third-order valence-electron chi connectivity index (χ3n) is 3.91. The molecule has 146 valence electrons. The molecule has 1 amide bonds. The zero-order valence-corrected chi connectivity index (χ0v) is 16.3. The quantitative estimate of drug-likeness (QED) is 0.606. The number of methoxy groups -OCH3 is 1. The molecule has 9 heteroatoms. The van der Waals surface area contributed by atoms with Crippen molar-refractivity contribution < 1.29 is 18.3 Å². The largest absolute Gasteiger partial charge is 0.496 e. The monoisotopic (exact) mass is 404 g/mol. The smallest absolute Gasteiger partial charge is 0.320 e. The summed E-state index contributed by atoms with van der Waals surface area (Å²) in [5.74, 6) is 0.382. The van der Waals surface area contributed by atoms with Gasteiger partial charge in [0.15, 0.2) is 11.0 Å². The number of benzene rings is 1. The highest BCUT2D eigenvalue weighted by Crippen LogP contribution is 2.33. The summed E-state index contributed by atoms with van der Waals surface area (Å²) in [5.41, 5.74) is 2.32. The summed E-state index contributed by atoms with van der Waals surface area (Å²) >= 11 is 1.09. The number of aryl methyl sites for hydroxylation is 2. The van der Waals surface area contributed by atoms with Crippen LogP contribution >= 0.6 is 11.3 Å². The van der Waals surface area contributed by atoms with Crippen LogP contribution in [0.25, 0.3) is 16.8 Å². The molecule has 6 nitrogen and oxygen atoms in total. The van der Waals surface area contributed by atoms with Gasteiger partial charge in [-0.2, -0.15) is 8.78 Å². The second-order valence-corrected chi connectivity index (χ2v) is 6.94. The molecule has 0 atom stereocenters. The minimum Gasteiger partial charge on any atom is -0.496 e. The molecule has 0 unspecified atom stereocenters. The molecular formula is C19H18F2N4O2S. The Morgan fingerprint density at radius 1 is 1.36 bits per heavy atom. The topological polar surface area (TPSA) is 69.0 Å². The van der Waals surface area contributed by atoms with E-state index in [2.05, 4.69) is 15.3 Å². The molecule has 2 heterocycles. The van der Waals surface area contributed by atoms with E-state index in [1.54, 1.807) is 20.1 Å². The SMILES string of the molecule is COc1ccc(C)cc1/C=C/C(=O)Nc1nc(C)c(-c2nccn2C(F)F)s1. The van der Waals surface area contributed by atoms with Crippen molar-refractivity contribution in [1.82, 2.24) is 14.5 Å². The number of carbonyl (C=O) groups is 1.